The van der Waals surface area contributed by atoms with E-state index < -0.39 is 0 Å². The number of hydrogen-bond donors (Lipinski definition) is 1. The Balaban J connectivity index is 2.24. The van der Waals surface area contributed by atoms with Crippen molar-refractivity contribution >= 4 is 33.3 Å². The second-order valence-electron chi connectivity index (χ2n) is 4.28. The van der Waals surface area contributed by atoms with Crippen LogP contribution in [0, 0.1) is 6.92 Å². The molecule has 0 saturated heterocycles. The number of aryl methyl sites for hydroxylation is 1. The van der Waals surface area contributed by atoms with E-state index in [1.165, 1.54) is 6.33 Å². The first-order chi connectivity index (χ1) is 9.61. The van der Waals surface area contributed by atoms with Gasteiger partial charge in [-0.3, -0.25) is 0 Å². The highest BCUT2D eigenvalue weighted by Crippen LogP contribution is 2.33. The molecule has 20 heavy (non-hydrogen) atoms. The molecule has 2 aromatic rings. The van der Waals surface area contributed by atoms with E-state index in [1.54, 1.807) is 6.07 Å². The van der Waals surface area contributed by atoms with Crippen LogP contribution in [0.15, 0.2) is 29.0 Å². The van der Waals surface area contributed by atoms with Crippen LogP contribution in [0.2, 0.25) is 5.02 Å². The Bertz CT molecular complexity index is 607. The second kappa shape index (κ2) is 6.90. The molecule has 1 N–H and O–H groups in total. The van der Waals surface area contributed by atoms with Crippen LogP contribution in [0.4, 0.5) is 5.82 Å². The van der Waals surface area contributed by atoms with Crippen LogP contribution in [0.5, 0.6) is 11.6 Å². The molecule has 0 spiro atoms. The molecule has 1 heterocycles. The van der Waals surface area contributed by atoms with Crippen molar-refractivity contribution in [2.24, 2.45) is 0 Å². The topological polar surface area (TPSA) is 47.0 Å². The molecule has 0 bridgehead atoms. The quantitative estimate of drug-likeness (QED) is 0.834. The monoisotopic (exact) mass is 355 g/mol. The number of nitrogens with one attached hydrogen (secondary N) is 1. The van der Waals surface area contributed by atoms with E-state index in [9.17, 15) is 0 Å². The summed E-state index contributed by atoms with van der Waals surface area (Å²) in [5, 5.41) is 3.90. The van der Waals surface area contributed by atoms with E-state index in [1.807, 2.05) is 19.1 Å². The van der Waals surface area contributed by atoms with E-state index in [2.05, 4.69) is 38.1 Å². The van der Waals surface area contributed by atoms with Crippen LogP contribution in [0.25, 0.3) is 0 Å². The highest BCUT2D eigenvalue weighted by Gasteiger charge is 2.11. The van der Waals surface area contributed by atoms with Crippen LogP contribution in [-0.4, -0.2) is 16.5 Å². The summed E-state index contributed by atoms with van der Waals surface area (Å²) in [6.45, 7) is 4.87. The molecule has 0 unspecified atom stereocenters. The van der Waals surface area contributed by atoms with Crippen molar-refractivity contribution in [1.29, 1.82) is 0 Å². The maximum absolute atomic E-state index is 5.93. The molecular formula is C14H15BrClN3O. The SMILES string of the molecule is CCCNc1ncnc(Oc2ccc(Cl)cc2C)c1Br. The molecule has 0 saturated carbocycles. The van der Waals surface area contributed by atoms with Crippen molar-refractivity contribution in [3.63, 3.8) is 0 Å². The number of rotatable bonds is 5. The lowest BCUT2D eigenvalue weighted by molar-refractivity contribution is 0.455. The smallest absolute Gasteiger partial charge is 0.238 e. The van der Waals surface area contributed by atoms with Crippen molar-refractivity contribution in [3.8, 4) is 11.6 Å². The van der Waals surface area contributed by atoms with Gasteiger partial charge in [0.1, 0.15) is 22.4 Å². The fourth-order valence-electron chi connectivity index (χ4n) is 1.62. The molecule has 6 heteroatoms. The van der Waals surface area contributed by atoms with Gasteiger partial charge in [-0.25, -0.2) is 9.97 Å². The minimum absolute atomic E-state index is 0.476. The molecule has 0 aliphatic rings. The van der Waals surface area contributed by atoms with Crippen molar-refractivity contribution in [2.45, 2.75) is 20.3 Å². The minimum atomic E-state index is 0.476. The molecule has 0 fully saturated rings. The van der Waals surface area contributed by atoms with Crippen LogP contribution in [0.1, 0.15) is 18.9 Å². The van der Waals surface area contributed by atoms with Crippen LogP contribution in [0.3, 0.4) is 0 Å². The lowest BCUT2D eigenvalue weighted by atomic mass is 10.2. The number of ether oxygens (including phenoxy) is 1. The standard InChI is InChI=1S/C14H15BrClN3O/c1-3-6-17-13-12(15)14(19-8-18-13)20-11-5-4-10(16)7-9(11)2/h4-5,7-8H,3,6H2,1-2H3,(H,17,18,19). The molecule has 0 aliphatic heterocycles. The van der Waals surface area contributed by atoms with Gasteiger partial charge < -0.3 is 10.1 Å². The lowest BCUT2D eigenvalue weighted by Gasteiger charge is -2.12. The first kappa shape index (κ1) is 15.1. The number of halogens is 2. The minimum Gasteiger partial charge on any atom is -0.437 e. The molecule has 4 nitrogen and oxygen atoms in total. The number of aromatic nitrogens is 2. The highest BCUT2D eigenvalue weighted by atomic mass is 79.9. The maximum Gasteiger partial charge on any atom is 0.238 e. The Morgan fingerprint density at radius 3 is 2.85 bits per heavy atom. The third-order valence-corrected chi connectivity index (χ3v) is 3.59. The van der Waals surface area contributed by atoms with Crippen molar-refractivity contribution in [1.82, 2.24) is 9.97 Å². The fourth-order valence-corrected chi connectivity index (χ4v) is 2.28. The van der Waals surface area contributed by atoms with E-state index in [-0.39, 0.29) is 0 Å². The maximum atomic E-state index is 5.93. The summed E-state index contributed by atoms with van der Waals surface area (Å²) >= 11 is 9.40. The van der Waals surface area contributed by atoms with Gasteiger partial charge in [0.15, 0.2) is 0 Å². The molecule has 0 amide bonds. The Kier molecular flexibility index (Phi) is 5.20. The molecule has 2 rings (SSSR count). The predicted molar refractivity (Wildman–Crippen MR) is 84.8 cm³/mol. The Hall–Kier alpha value is -1.33. The largest absolute Gasteiger partial charge is 0.437 e. The zero-order valence-electron chi connectivity index (χ0n) is 11.3. The molecule has 0 aliphatic carbocycles. The summed E-state index contributed by atoms with van der Waals surface area (Å²) in [5.41, 5.74) is 0.950. The summed E-state index contributed by atoms with van der Waals surface area (Å²) in [4.78, 5) is 8.34. The normalized spacial score (nSPS) is 10.4. The number of nitrogens with zero attached hydrogens (tertiary/aromatic N) is 2. The van der Waals surface area contributed by atoms with Crippen LogP contribution in [-0.2, 0) is 0 Å². The summed E-state index contributed by atoms with van der Waals surface area (Å²) < 4.78 is 6.53. The van der Waals surface area contributed by atoms with Gasteiger partial charge in [-0.1, -0.05) is 18.5 Å². The first-order valence-electron chi connectivity index (χ1n) is 6.30. The van der Waals surface area contributed by atoms with Gasteiger partial charge in [-0.05, 0) is 53.0 Å². The van der Waals surface area contributed by atoms with Crippen LogP contribution < -0.4 is 10.1 Å². The van der Waals surface area contributed by atoms with Gasteiger partial charge in [-0.2, -0.15) is 0 Å². The Morgan fingerprint density at radius 2 is 2.15 bits per heavy atom. The van der Waals surface area contributed by atoms with E-state index >= 15 is 0 Å². The Labute approximate surface area is 131 Å². The first-order valence-corrected chi connectivity index (χ1v) is 7.47. The van der Waals surface area contributed by atoms with E-state index in [0.29, 0.717) is 15.4 Å². The van der Waals surface area contributed by atoms with Crippen molar-refractivity contribution < 1.29 is 4.74 Å². The molecule has 1 aromatic carbocycles. The van der Waals surface area contributed by atoms with E-state index in [4.69, 9.17) is 16.3 Å². The number of hydrogen-bond acceptors (Lipinski definition) is 4. The molecule has 106 valence electrons. The average Bonchev–Trinajstić information content (AvgIpc) is 2.42. The van der Waals surface area contributed by atoms with Gasteiger partial charge in [0.25, 0.3) is 0 Å². The molecule has 0 radical (unpaired) electrons. The molecule has 0 atom stereocenters. The third-order valence-electron chi connectivity index (χ3n) is 2.64. The van der Waals surface area contributed by atoms with Gasteiger partial charge in [0.2, 0.25) is 5.88 Å². The van der Waals surface area contributed by atoms with Gasteiger partial charge in [-0.15, -0.1) is 0 Å². The summed E-state index contributed by atoms with van der Waals surface area (Å²) in [7, 11) is 0. The third kappa shape index (κ3) is 3.61. The predicted octanol–water partition coefficient (Wildman–Crippen LogP) is 4.82. The summed E-state index contributed by atoms with van der Waals surface area (Å²) in [6.07, 6.45) is 2.49. The van der Waals surface area contributed by atoms with Crippen molar-refractivity contribution in [3.05, 3.63) is 39.6 Å². The molecular weight excluding hydrogens is 342 g/mol. The fraction of sp³-hybridized carbons (Fsp3) is 0.286. The second-order valence-corrected chi connectivity index (χ2v) is 5.51. The highest BCUT2D eigenvalue weighted by molar-refractivity contribution is 9.10. The zero-order chi connectivity index (χ0) is 14.5. The average molecular weight is 357 g/mol. The van der Waals surface area contributed by atoms with Crippen molar-refractivity contribution in [2.75, 3.05) is 11.9 Å². The van der Waals surface area contributed by atoms with Gasteiger partial charge >= 0.3 is 0 Å². The van der Waals surface area contributed by atoms with Gasteiger partial charge in [0.05, 0.1) is 0 Å². The molecule has 1 aromatic heterocycles. The number of anilines is 1. The van der Waals surface area contributed by atoms with Gasteiger partial charge in [0, 0.05) is 11.6 Å². The zero-order valence-corrected chi connectivity index (χ0v) is 13.6. The van der Waals surface area contributed by atoms with Crippen LogP contribution >= 0.6 is 27.5 Å². The summed E-state index contributed by atoms with van der Waals surface area (Å²) in [6, 6.07) is 5.46. The number of benzene rings is 1. The summed E-state index contributed by atoms with van der Waals surface area (Å²) in [5.74, 6) is 1.92. The van der Waals surface area contributed by atoms with E-state index in [0.717, 1.165) is 30.1 Å². The lowest BCUT2D eigenvalue weighted by Crippen LogP contribution is -2.04. The Morgan fingerprint density at radius 1 is 1.35 bits per heavy atom.